The number of allylic oxidation sites excluding steroid dienone is 2. The van der Waals surface area contributed by atoms with E-state index in [0.29, 0.717) is 17.2 Å². The van der Waals surface area contributed by atoms with Gasteiger partial charge in [-0.1, -0.05) is 60.7 Å². The lowest BCUT2D eigenvalue weighted by Gasteiger charge is -2.18. The van der Waals surface area contributed by atoms with Crippen LogP contribution in [0.3, 0.4) is 0 Å². The van der Waals surface area contributed by atoms with Crippen LogP contribution in [0.1, 0.15) is 11.1 Å². The normalized spacial score (nSPS) is 13.0. The highest BCUT2D eigenvalue weighted by molar-refractivity contribution is 6.04. The third-order valence-electron chi connectivity index (χ3n) is 3.38. The summed E-state index contributed by atoms with van der Waals surface area (Å²) in [5, 5.41) is 21.4. The third-order valence-corrected chi connectivity index (χ3v) is 3.38. The number of amidine groups is 1. The van der Waals surface area contributed by atoms with E-state index in [1.165, 1.54) is 0 Å². The molecule has 0 amide bonds. The van der Waals surface area contributed by atoms with E-state index in [0.717, 1.165) is 11.1 Å². The molecule has 0 aliphatic carbocycles. The first kappa shape index (κ1) is 14.3. The van der Waals surface area contributed by atoms with E-state index in [1.807, 2.05) is 72.8 Å². The number of benzene rings is 2. The zero-order valence-electron chi connectivity index (χ0n) is 12.2. The second-order valence-corrected chi connectivity index (χ2v) is 4.86. The summed E-state index contributed by atoms with van der Waals surface area (Å²) in [6.45, 7) is 0. The molecule has 2 aromatic rings. The van der Waals surface area contributed by atoms with Gasteiger partial charge in [0.25, 0.3) is 0 Å². The predicted octanol–water partition coefficient (Wildman–Crippen LogP) is 3.38. The number of nitrogens with zero attached hydrogens (tertiary/aromatic N) is 3. The van der Waals surface area contributed by atoms with Crippen molar-refractivity contribution < 1.29 is 0 Å². The topological polar surface area (TPSA) is 72.0 Å². The zero-order valence-corrected chi connectivity index (χ0v) is 12.2. The Morgan fingerprint density at radius 1 is 0.826 bits per heavy atom. The SMILES string of the molecule is N#CC(C#N)=C1C=C(c2ccccc2)N=C(c2ccccc2)N1. The second-order valence-electron chi connectivity index (χ2n) is 4.86. The Kier molecular flexibility index (Phi) is 4.00. The van der Waals surface area contributed by atoms with Crippen molar-refractivity contribution >= 4 is 11.5 Å². The Morgan fingerprint density at radius 3 is 1.96 bits per heavy atom. The standard InChI is InChI=1S/C19H12N4/c20-12-16(13-21)18-11-17(14-7-3-1-4-8-14)22-19(23-18)15-9-5-2-6-10-15/h1-11H,(H,22,23). The average molecular weight is 296 g/mol. The number of nitrogens with one attached hydrogen (secondary N) is 1. The summed E-state index contributed by atoms with van der Waals surface area (Å²) in [7, 11) is 0. The van der Waals surface area contributed by atoms with Gasteiger partial charge in [0.2, 0.25) is 0 Å². The molecule has 108 valence electrons. The van der Waals surface area contributed by atoms with Crippen molar-refractivity contribution in [1.29, 1.82) is 10.5 Å². The fourth-order valence-electron chi connectivity index (χ4n) is 2.25. The molecule has 4 heteroatoms. The molecule has 2 aromatic carbocycles. The van der Waals surface area contributed by atoms with E-state index >= 15 is 0 Å². The molecule has 1 N–H and O–H groups in total. The maximum atomic E-state index is 9.15. The molecule has 4 nitrogen and oxygen atoms in total. The molecular weight excluding hydrogens is 284 g/mol. The number of rotatable bonds is 2. The maximum absolute atomic E-state index is 9.15. The van der Waals surface area contributed by atoms with Gasteiger partial charge in [0.05, 0.1) is 11.4 Å². The third kappa shape index (κ3) is 3.02. The molecule has 0 fully saturated rings. The van der Waals surface area contributed by atoms with Crippen LogP contribution >= 0.6 is 0 Å². The van der Waals surface area contributed by atoms with Gasteiger partial charge in [-0.15, -0.1) is 0 Å². The molecule has 0 aromatic heterocycles. The van der Waals surface area contributed by atoms with Gasteiger partial charge >= 0.3 is 0 Å². The van der Waals surface area contributed by atoms with Crippen LogP contribution in [-0.4, -0.2) is 5.84 Å². The van der Waals surface area contributed by atoms with Crippen LogP contribution in [0.2, 0.25) is 0 Å². The molecule has 0 saturated carbocycles. The Morgan fingerprint density at radius 2 is 1.39 bits per heavy atom. The largest absolute Gasteiger partial charge is 0.338 e. The lowest BCUT2D eigenvalue weighted by atomic mass is 10.1. The van der Waals surface area contributed by atoms with Crippen molar-refractivity contribution in [3.8, 4) is 12.1 Å². The van der Waals surface area contributed by atoms with Crippen molar-refractivity contribution in [2.75, 3.05) is 0 Å². The molecule has 0 unspecified atom stereocenters. The first-order valence-electron chi connectivity index (χ1n) is 7.04. The lowest BCUT2D eigenvalue weighted by Crippen LogP contribution is -2.27. The molecule has 3 rings (SSSR count). The van der Waals surface area contributed by atoms with Crippen molar-refractivity contribution in [2.24, 2.45) is 4.99 Å². The van der Waals surface area contributed by atoms with Gasteiger partial charge in [0, 0.05) is 11.1 Å². The van der Waals surface area contributed by atoms with Crippen LogP contribution in [0.25, 0.3) is 5.70 Å². The molecule has 1 aliphatic rings. The zero-order chi connectivity index (χ0) is 16.1. The highest BCUT2D eigenvalue weighted by atomic mass is 15.0. The first-order valence-corrected chi connectivity index (χ1v) is 7.04. The molecule has 23 heavy (non-hydrogen) atoms. The summed E-state index contributed by atoms with van der Waals surface area (Å²) in [5.74, 6) is 0.616. The van der Waals surface area contributed by atoms with Crippen LogP contribution in [0.5, 0.6) is 0 Å². The van der Waals surface area contributed by atoms with Crippen LogP contribution in [-0.2, 0) is 0 Å². The van der Waals surface area contributed by atoms with Gasteiger partial charge in [-0.2, -0.15) is 10.5 Å². The van der Waals surface area contributed by atoms with Crippen molar-refractivity contribution in [1.82, 2.24) is 5.32 Å². The Hall–Kier alpha value is -3.63. The van der Waals surface area contributed by atoms with Crippen LogP contribution in [0.4, 0.5) is 0 Å². The number of aliphatic imine (C=N–C) groups is 1. The Balaban J connectivity index is 2.15. The molecule has 0 atom stereocenters. The summed E-state index contributed by atoms with van der Waals surface area (Å²) < 4.78 is 0. The fourth-order valence-corrected chi connectivity index (χ4v) is 2.25. The van der Waals surface area contributed by atoms with Crippen LogP contribution < -0.4 is 5.32 Å². The Bertz CT molecular complexity index is 876. The predicted molar refractivity (Wildman–Crippen MR) is 88.8 cm³/mol. The van der Waals surface area contributed by atoms with Crippen LogP contribution in [0, 0.1) is 22.7 Å². The molecule has 0 spiro atoms. The highest BCUT2D eigenvalue weighted by Gasteiger charge is 2.16. The summed E-state index contributed by atoms with van der Waals surface area (Å²) in [6, 6.07) is 23.1. The smallest absolute Gasteiger partial charge is 0.153 e. The van der Waals surface area contributed by atoms with Gasteiger partial charge in [0.1, 0.15) is 18.0 Å². The van der Waals surface area contributed by atoms with Gasteiger partial charge in [-0.3, -0.25) is 0 Å². The number of hydrogen-bond acceptors (Lipinski definition) is 4. The minimum absolute atomic E-state index is 0.0294. The highest BCUT2D eigenvalue weighted by Crippen LogP contribution is 2.23. The van der Waals surface area contributed by atoms with E-state index in [4.69, 9.17) is 10.5 Å². The minimum Gasteiger partial charge on any atom is -0.338 e. The van der Waals surface area contributed by atoms with E-state index in [2.05, 4.69) is 10.3 Å². The second kappa shape index (κ2) is 6.43. The monoisotopic (exact) mass is 296 g/mol. The van der Waals surface area contributed by atoms with E-state index in [1.54, 1.807) is 6.08 Å². The molecule has 1 aliphatic heterocycles. The van der Waals surface area contributed by atoms with E-state index < -0.39 is 0 Å². The first-order chi connectivity index (χ1) is 11.3. The quantitative estimate of drug-likeness (QED) is 0.863. The fraction of sp³-hybridized carbons (Fsp3) is 0. The van der Waals surface area contributed by atoms with Crippen molar-refractivity contribution in [3.63, 3.8) is 0 Å². The summed E-state index contributed by atoms with van der Waals surface area (Å²) in [4.78, 5) is 4.64. The van der Waals surface area contributed by atoms with Gasteiger partial charge in [-0.05, 0) is 6.08 Å². The van der Waals surface area contributed by atoms with Crippen molar-refractivity contribution in [3.05, 3.63) is 89.1 Å². The van der Waals surface area contributed by atoms with E-state index in [9.17, 15) is 0 Å². The number of hydrogen-bond donors (Lipinski definition) is 1. The average Bonchev–Trinajstić information content (AvgIpc) is 2.64. The summed E-state index contributed by atoms with van der Waals surface area (Å²) in [5.41, 5.74) is 3.02. The molecule has 0 radical (unpaired) electrons. The Labute approximate surface area is 134 Å². The van der Waals surface area contributed by atoms with Gasteiger partial charge < -0.3 is 5.32 Å². The number of nitriles is 2. The van der Waals surface area contributed by atoms with E-state index in [-0.39, 0.29) is 5.57 Å². The molecular formula is C19H12N4. The molecule has 1 heterocycles. The van der Waals surface area contributed by atoms with Crippen molar-refractivity contribution in [2.45, 2.75) is 0 Å². The van der Waals surface area contributed by atoms with Crippen LogP contribution in [0.15, 0.2) is 83.0 Å². The lowest BCUT2D eigenvalue weighted by molar-refractivity contribution is 1.12. The summed E-state index contributed by atoms with van der Waals surface area (Å²) in [6.07, 6.45) is 1.73. The van der Waals surface area contributed by atoms with Gasteiger partial charge in [0.15, 0.2) is 5.57 Å². The maximum Gasteiger partial charge on any atom is 0.153 e. The summed E-state index contributed by atoms with van der Waals surface area (Å²) >= 11 is 0. The molecule has 0 bridgehead atoms. The minimum atomic E-state index is 0.0294. The van der Waals surface area contributed by atoms with Gasteiger partial charge in [-0.25, -0.2) is 4.99 Å². The molecule has 0 saturated heterocycles.